The number of hydrogen-bond acceptors (Lipinski definition) is 7. The number of ether oxygens (including phenoxy) is 3. The van der Waals surface area contributed by atoms with Crippen LogP contribution in [-0.2, 0) is 15.9 Å². The zero-order chi connectivity index (χ0) is 25.9. The Hall–Kier alpha value is -4.35. The number of methoxy groups -OCH3 is 1. The molecule has 6 rings (SSSR count). The van der Waals surface area contributed by atoms with Crippen molar-refractivity contribution >= 4 is 10.8 Å². The van der Waals surface area contributed by atoms with Gasteiger partial charge >= 0.3 is 0 Å². The molecule has 2 atom stereocenters. The third kappa shape index (κ3) is 3.31. The summed E-state index contributed by atoms with van der Waals surface area (Å²) in [5.41, 5.74) is 0.678. The van der Waals surface area contributed by atoms with E-state index in [2.05, 4.69) is 6.07 Å². The van der Waals surface area contributed by atoms with Crippen molar-refractivity contribution in [1.82, 2.24) is 4.57 Å². The van der Waals surface area contributed by atoms with Crippen molar-refractivity contribution in [3.8, 4) is 40.8 Å². The van der Waals surface area contributed by atoms with E-state index in [1.165, 1.54) is 23.8 Å². The summed E-state index contributed by atoms with van der Waals surface area (Å²) in [5.74, 6) is 0.834. The van der Waals surface area contributed by atoms with E-state index >= 15 is 0 Å². The fraction of sp³-hybridized carbons (Fsp3) is 0.276. The maximum Gasteiger partial charge on any atom is 0.205 e. The smallest absolute Gasteiger partial charge is 0.205 e. The van der Waals surface area contributed by atoms with E-state index in [4.69, 9.17) is 14.2 Å². The Bertz CT molecular complexity index is 1600. The lowest BCUT2D eigenvalue weighted by atomic mass is 9.78. The number of hydrogen-bond donors (Lipinski definition) is 3. The number of phenolic OH excluding ortho intramolecular Hbond substituents is 1. The van der Waals surface area contributed by atoms with Crippen LogP contribution in [0.5, 0.6) is 29.0 Å². The van der Waals surface area contributed by atoms with E-state index in [1.54, 1.807) is 18.2 Å². The Morgan fingerprint density at radius 1 is 0.973 bits per heavy atom. The van der Waals surface area contributed by atoms with Gasteiger partial charge < -0.3 is 29.5 Å². The van der Waals surface area contributed by atoms with Gasteiger partial charge in [0.15, 0.2) is 0 Å². The molecule has 1 aromatic heterocycles. The first-order chi connectivity index (χ1) is 17.8. The van der Waals surface area contributed by atoms with Crippen LogP contribution in [0.1, 0.15) is 42.9 Å². The van der Waals surface area contributed by atoms with Crippen LogP contribution in [-0.4, -0.2) is 33.6 Å². The minimum atomic E-state index is -0.833. The fourth-order valence-electron chi connectivity index (χ4n) is 6.00. The molecule has 3 heterocycles. The van der Waals surface area contributed by atoms with Crippen molar-refractivity contribution in [3.63, 3.8) is 0 Å². The predicted octanol–water partition coefficient (Wildman–Crippen LogP) is 5.33. The third-order valence-corrected chi connectivity index (χ3v) is 7.67. The van der Waals surface area contributed by atoms with Crippen LogP contribution in [0.3, 0.4) is 0 Å². The molecule has 0 amide bonds. The molecule has 37 heavy (non-hydrogen) atoms. The summed E-state index contributed by atoms with van der Waals surface area (Å²) >= 11 is 0. The largest absolute Gasteiger partial charge is 0.508 e. The van der Waals surface area contributed by atoms with Gasteiger partial charge in [0.05, 0.1) is 47.8 Å². The van der Waals surface area contributed by atoms with Crippen molar-refractivity contribution in [3.05, 3.63) is 71.3 Å². The number of aromatic nitrogens is 1. The van der Waals surface area contributed by atoms with Gasteiger partial charge in [-0.25, -0.2) is 0 Å². The van der Waals surface area contributed by atoms with Crippen LogP contribution in [0.15, 0.2) is 54.6 Å². The molecule has 188 valence electrons. The molecule has 0 spiro atoms. The van der Waals surface area contributed by atoms with Gasteiger partial charge in [-0.05, 0) is 31.9 Å². The van der Waals surface area contributed by atoms with Gasteiger partial charge in [0, 0.05) is 35.4 Å². The molecule has 4 aromatic rings. The summed E-state index contributed by atoms with van der Waals surface area (Å²) in [6.45, 7) is 2.19. The molecule has 0 radical (unpaired) electrons. The molecule has 3 aromatic carbocycles. The highest BCUT2D eigenvalue weighted by atomic mass is 16.5. The summed E-state index contributed by atoms with van der Waals surface area (Å²) in [6.07, 6.45) is 1.78. The zero-order valence-corrected chi connectivity index (χ0v) is 20.5. The molecule has 8 nitrogen and oxygen atoms in total. The number of phenols is 1. The molecular formula is C29H26N2O6. The molecule has 0 saturated carbocycles. The summed E-state index contributed by atoms with van der Waals surface area (Å²) in [6, 6.07) is 17.8. The number of aromatic hydroxyl groups is 3. The van der Waals surface area contributed by atoms with Gasteiger partial charge in [-0.1, -0.05) is 24.3 Å². The van der Waals surface area contributed by atoms with Crippen LogP contribution in [0.4, 0.5) is 0 Å². The number of rotatable bonds is 6. The Morgan fingerprint density at radius 3 is 2.46 bits per heavy atom. The van der Waals surface area contributed by atoms with Crippen molar-refractivity contribution < 1.29 is 29.5 Å². The predicted molar refractivity (Wildman–Crippen MR) is 135 cm³/mol. The molecule has 1 fully saturated rings. The number of fused-ring (bicyclic) bond motifs is 6. The molecule has 3 N–H and O–H groups in total. The van der Waals surface area contributed by atoms with E-state index in [-0.39, 0.29) is 24.1 Å². The Labute approximate surface area is 213 Å². The number of benzene rings is 3. The van der Waals surface area contributed by atoms with Crippen LogP contribution in [0.2, 0.25) is 0 Å². The first-order valence-electron chi connectivity index (χ1n) is 12.1. The molecular weight excluding hydrogens is 472 g/mol. The minimum Gasteiger partial charge on any atom is -0.508 e. The molecule has 2 aliphatic rings. The van der Waals surface area contributed by atoms with Crippen LogP contribution in [0.25, 0.3) is 16.5 Å². The van der Waals surface area contributed by atoms with E-state index in [9.17, 15) is 20.6 Å². The van der Waals surface area contributed by atoms with Gasteiger partial charge in [-0.15, -0.1) is 0 Å². The first-order valence-corrected chi connectivity index (χ1v) is 12.1. The van der Waals surface area contributed by atoms with Gasteiger partial charge in [-0.2, -0.15) is 5.26 Å². The van der Waals surface area contributed by atoms with Gasteiger partial charge in [0.1, 0.15) is 22.8 Å². The molecule has 0 unspecified atom stereocenters. The van der Waals surface area contributed by atoms with E-state index in [0.29, 0.717) is 53.1 Å². The summed E-state index contributed by atoms with van der Waals surface area (Å²) in [4.78, 5) is 0. The van der Waals surface area contributed by atoms with Gasteiger partial charge in [0.2, 0.25) is 11.8 Å². The number of nitriles is 1. The first kappa shape index (κ1) is 23.1. The Kier molecular flexibility index (Phi) is 5.04. The Morgan fingerprint density at radius 2 is 1.70 bits per heavy atom. The molecule has 1 saturated heterocycles. The number of nitrogens with zero attached hydrogens (tertiary/aromatic N) is 2. The van der Waals surface area contributed by atoms with Gasteiger partial charge in [0.25, 0.3) is 0 Å². The second kappa shape index (κ2) is 8.08. The standard InChI is InChI=1S/C29H26N2O6/c1-28-9-10-29(37-28,11-12-36-20-14-18(32)13-19(15-20)35-2)25-24(28)26(33)31(27(25)34)23-8-7-17(16-30)21-5-3-4-6-22(21)23/h3-8,13-15,32-34H,9-12H2,1-2H3/t28-,29-/m1/s1. The summed E-state index contributed by atoms with van der Waals surface area (Å²) in [7, 11) is 1.52. The van der Waals surface area contributed by atoms with E-state index in [0.717, 1.165) is 10.8 Å². The van der Waals surface area contributed by atoms with Crippen molar-refractivity contribution in [2.45, 2.75) is 37.4 Å². The second-order valence-electron chi connectivity index (χ2n) is 9.81. The lowest BCUT2D eigenvalue weighted by molar-refractivity contribution is -0.0876. The SMILES string of the molecule is COc1cc(O)cc(OCC[C@@]23CC[C@@](C)(O2)c2c3c(O)n(-c3ccc(C#N)c4ccccc34)c2O)c1. The average Bonchev–Trinajstić information content (AvgIpc) is 3.47. The molecule has 0 aliphatic carbocycles. The van der Waals surface area contributed by atoms with Crippen LogP contribution in [0, 0.1) is 11.3 Å². The normalized spacial score (nSPS) is 21.6. The fourth-order valence-corrected chi connectivity index (χ4v) is 6.00. The van der Waals surface area contributed by atoms with Crippen molar-refractivity contribution in [2.75, 3.05) is 13.7 Å². The average molecular weight is 499 g/mol. The minimum absolute atomic E-state index is 0.0367. The monoisotopic (exact) mass is 498 g/mol. The quantitative estimate of drug-likeness (QED) is 0.329. The van der Waals surface area contributed by atoms with Crippen molar-refractivity contribution in [2.24, 2.45) is 0 Å². The van der Waals surface area contributed by atoms with Gasteiger partial charge in [-0.3, -0.25) is 4.57 Å². The zero-order valence-electron chi connectivity index (χ0n) is 20.5. The lowest BCUT2D eigenvalue weighted by Crippen LogP contribution is -2.25. The maximum absolute atomic E-state index is 11.6. The molecule has 2 aliphatic heterocycles. The summed E-state index contributed by atoms with van der Waals surface area (Å²) in [5, 5.41) is 44.0. The summed E-state index contributed by atoms with van der Waals surface area (Å²) < 4.78 is 19.1. The molecule has 8 heteroatoms. The highest BCUT2D eigenvalue weighted by molar-refractivity contribution is 5.95. The van der Waals surface area contributed by atoms with E-state index < -0.39 is 11.2 Å². The lowest BCUT2D eigenvalue weighted by Gasteiger charge is -2.26. The highest BCUT2D eigenvalue weighted by Gasteiger charge is 2.61. The second-order valence-corrected chi connectivity index (χ2v) is 9.81. The highest BCUT2D eigenvalue weighted by Crippen LogP contribution is 2.65. The Balaban J connectivity index is 1.40. The third-order valence-electron chi connectivity index (χ3n) is 7.67. The van der Waals surface area contributed by atoms with Crippen LogP contribution < -0.4 is 9.47 Å². The van der Waals surface area contributed by atoms with Crippen molar-refractivity contribution in [1.29, 1.82) is 5.26 Å². The maximum atomic E-state index is 11.6. The topological polar surface area (TPSA) is 117 Å². The van der Waals surface area contributed by atoms with E-state index in [1.807, 2.05) is 31.2 Å². The molecule has 2 bridgehead atoms. The van der Waals surface area contributed by atoms with Crippen LogP contribution >= 0.6 is 0 Å².